The molecule has 0 spiro atoms. The summed E-state index contributed by atoms with van der Waals surface area (Å²) in [7, 11) is 0. The summed E-state index contributed by atoms with van der Waals surface area (Å²) in [5, 5.41) is 4.01. The van der Waals surface area contributed by atoms with E-state index in [-0.39, 0.29) is 5.56 Å². The maximum absolute atomic E-state index is 11.5. The molecular weight excluding hydrogens is 190 g/mol. The number of pyridine rings is 1. The molecule has 0 bridgehead atoms. The number of rotatable bonds is 1. The molecule has 0 N–H and O–H groups in total. The largest absolute Gasteiger partial charge is 0.271 e. The third kappa shape index (κ3) is 1.93. The Morgan fingerprint density at radius 1 is 1.20 bits per heavy atom. The minimum atomic E-state index is -0.137. The zero-order chi connectivity index (χ0) is 10.8. The van der Waals surface area contributed by atoms with E-state index in [1.807, 2.05) is 26.0 Å². The number of aromatic nitrogens is 3. The van der Waals surface area contributed by atoms with Gasteiger partial charge in [-0.15, -0.1) is 0 Å². The summed E-state index contributed by atoms with van der Waals surface area (Å²) in [6.45, 7) is 3.79. The third-order valence-corrected chi connectivity index (χ3v) is 2.03. The van der Waals surface area contributed by atoms with Crippen LogP contribution in [0.1, 0.15) is 11.4 Å². The second kappa shape index (κ2) is 3.65. The molecule has 0 amide bonds. The van der Waals surface area contributed by atoms with Gasteiger partial charge < -0.3 is 0 Å². The first kappa shape index (κ1) is 9.58. The van der Waals surface area contributed by atoms with E-state index >= 15 is 0 Å². The summed E-state index contributed by atoms with van der Waals surface area (Å²) in [5.41, 5.74) is 2.37. The molecule has 4 nitrogen and oxygen atoms in total. The summed E-state index contributed by atoms with van der Waals surface area (Å²) < 4.78 is 1.36. The highest BCUT2D eigenvalue weighted by atomic mass is 16.1. The first-order valence-corrected chi connectivity index (χ1v) is 4.67. The van der Waals surface area contributed by atoms with E-state index in [1.165, 1.54) is 10.7 Å². The van der Waals surface area contributed by atoms with Gasteiger partial charge in [0.25, 0.3) is 5.56 Å². The van der Waals surface area contributed by atoms with Crippen molar-refractivity contribution >= 4 is 0 Å². The highest BCUT2D eigenvalue weighted by Crippen LogP contribution is 2.06. The maximum Gasteiger partial charge on any atom is 0.271 e. The van der Waals surface area contributed by atoms with Gasteiger partial charge in [0.05, 0.1) is 5.69 Å². The Kier molecular flexibility index (Phi) is 2.33. The lowest BCUT2D eigenvalue weighted by Gasteiger charge is -2.05. The fourth-order valence-electron chi connectivity index (χ4n) is 1.49. The maximum atomic E-state index is 11.5. The van der Waals surface area contributed by atoms with Crippen LogP contribution in [-0.2, 0) is 0 Å². The molecular formula is C11H11N3O. The standard InChI is InChI=1S/C11H11N3O/c1-8-6-10(7-9(2)13-8)14-11(15)4-3-5-12-14/h3-7H,1-2H3. The van der Waals surface area contributed by atoms with Crippen molar-refractivity contribution in [3.05, 3.63) is 52.2 Å². The SMILES string of the molecule is Cc1cc(-n2ncccc2=O)cc(C)n1. The molecule has 2 aromatic rings. The minimum absolute atomic E-state index is 0.137. The average Bonchev–Trinajstić information content (AvgIpc) is 2.16. The number of aryl methyl sites for hydroxylation is 2. The summed E-state index contributed by atoms with van der Waals surface area (Å²) in [5.74, 6) is 0. The molecule has 15 heavy (non-hydrogen) atoms. The molecule has 0 atom stereocenters. The summed E-state index contributed by atoms with van der Waals surface area (Å²) in [6, 6.07) is 6.78. The van der Waals surface area contributed by atoms with E-state index in [4.69, 9.17) is 0 Å². The Morgan fingerprint density at radius 3 is 2.47 bits per heavy atom. The predicted molar refractivity (Wildman–Crippen MR) is 57.1 cm³/mol. The molecule has 4 heteroatoms. The normalized spacial score (nSPS) is 10.3. The third-order valence-electron chi connectivity index (χ3n) is 2.03. The van der Waals surface area contributed by atoms with E-state index in [0.717, 1.165) is 17.1 Å². The quantitative estimate of drug-likeness (QED) is 0.697. The van der Waals surface area contributed by atoms with Crippen molar-refractivity contribution in [2.45, 2.75) is 13.8 Å². The Labute approximate surface area is 87.2 Å². The van der Waals surface area contributed by atoms with Crippen LogP contribution in [0.25, 0.3) is 5.69 Å². The van der Waals surface area contributed by atoms with Gasteiger partial charge in [-0.1, -0.05) is 0 Å². The van der Waals surface area contributed by atoms with E-state index in [1.54, 1.807) is 12.3 Å². The zero-order valence-corrected chi connectivity index (χ0v) is 8.64. The van der Waals surface area contributed by atoms with Crippen molar-refractivity contribution in [2.75, 3.05) is 0 Å². The number of hydrogen-bond acceptors (Lipinski definition) is 3. The zero-order valence-electron chi connectivity index (χ0n) is 8.64. The average molecular weight is 201 g/mol. The predicted octanol–water partition coefficient (Wildman–Crippen LogP) is 1.24. The van der Waals surface area contributed by atoms with Crippen molar-refractivity contribution in [2.24, 2.45) is 0 Å². The highest BCUT2D eigenvalue weighted by molar-refractivity contribution is 5.33. The van der Waals surface area contributed by atoms with E-state index in [2.05, 4.69) is 10.1 Å². The summed E-state index contributed by atoms with van der Waals surface area (Å²) >= 11 is 0. The van der Waals surface area contributed by atoms with Gasteiger partial charge >= 0.3 is 0 Å². The highest BCUT2D eigenvalue weighted by Gasteiger charge is 2.01. The smallest absolute Gasteiger partial charge is 0.267 e. The van der Waals surface area contributed by atoms with E-state index in [9.17, 15) is 4.79 Å². The van der Waals surface area contributed by atoms with Crippen LogP contribution in [-0.4, -0.2) is 14.8 Å². The minimum Gasteiger partial charge on any atom is -0.267 e. The molecule has 0 saturated carbocycles. The summed E-state index contributed by atoms with van der Waals surface area (Å²) in [4.78, 5) is 15.8. The molecule has 0 unspecified atom stereocenters. The molecule has 0 aliphatic carbocycles. The van der Waals surface area contributed by atoms with Gasteiger partial charge in [-0.05, 0) is 32.0 Å². The van der Waals surface area contributed by atoms with Crippen molar-refractivity contribution in [1.82, 2.24) is 14.8 Å². The number of nitrogens with zero attached hydrogens (tertiary/aromatic N) is 3. The van der Waals surface area contributed by atoms with Crippen molar-refractivity contribution < 1.29 is 0 Å². The molecule has 76 valence electrons. The van der Waals surface area contributed by atoms with E-state index < -0.39 is 0 Å². The lowest BCUT2D eigenvalue weighted by molar-refractivity contribution is 0.801. The first-order valence-electron chi connectivity index (χ1n) is 4.67. The molecule has 2 heterocycles. The van der Waals surface area contributed by atoms with Crippen LogP contribution >= 0.6 is 0 Å². The van der Waals surface area contributed by atoms with Gasteiger partial charge in [0.1, 0.15) is 0 Å². The Hall–Kier alpha value is -1.97. The lowest BCUT2D eigenvalue weighted by atomic mass is 10.3. The fraction of sp³-hybridized carbons (Fsp3) is 0.182. The topological polar surface area (TPSA) is 47.8 Å². The van der Waals surface area contributed by atoms with Crippen LogP contribution < -0.4 is 5.56 Å². The number of hydrogen-bond donors (Lipinski definition) is 0. The molecule has 0 aromatic carbocycles. The molecule has 0 saturated heterocycles. The second-order valence-electron chi connectivity index (χ2n) is 3.38. The van der Waals surface area contributed by atoms with Crippen LogP contribution in [0, 0.1) is 13.8 Å². The van der Waals surface area contributed by atoms with Crippen molar-refractivity contribution in [3.63, 3.8) is 0 Å². The Morgan fingerprint density at radius 2 is 1.87 bits per heavy atom. The van der Waals surface area contributed by atoms with Crippen LogP contribution in [0.15, 0.2) is 35.3 Å². The van der Waals surface area contributed by atoms with Gasteiger partial charge in [0.15, 0.2) is 0 Å². The first-order chi connectivity index (χ1) is 7.16. The fourth-order valence-corrected chi connectivity index (χ4v) is 1.49. The van der Waals surface area contributed by atoms with Gasteiger partial charge in [-0.25, -0.2) is 0 Å². The van der Waals surface area contributed by atoms with E-state index in [0.29, 0.717) is 0 Å². The van der Waals surface area contributed by atoms with Crippen molar-refractivity contribution in [3.8, 4) is 5.69 Å². The second-order valence-corrected chi connectivity index (χ2v) is 3.38. The monoisotopic (exact) mass is 201 g/mol. The van der Waals surface area contributed by atoms with Gasteiger partial charge in [-0.2, -0.15) is 9.78 Å². The van der Waals surface area contributed by atoms with Crippen molar-refractivity contribution in [1.29, 1.82) is 0 Å². The molecule has 0 aliphatic heterocycles. The van der Waals surface area contributed by atoms with Crippen LogP contribution in [0.5, 0.6) is 0 Å². The Bertz CT molecular complexity index is 525. The van der Waals surface area contributed by atoms with Crippen LogP contribution in [0.3, 0.4) is 0 Å². The van der Waals surface area contributed by atoms with Crippen LogP contribution in [0.2, 0.25) is 0 Å². The molecule has 0 aliphatic rings. The molecule has 0 radical (unpaired) electrons. The lowest BCUT2D eigenvalue weighted by Crippen LogP contribution is -2.19. The van der Waals surface area contributed by atoms with Gasteiger partial charge in [-0.3, -0.25) is 9.78 Å². The van der Waals surface area contributed by atoms with Gasteiger partial charge in [0, 0.05) is 23.7 Å². The Balaban J connectivity index is 2.64. The van der Waals surface area contributed by atoms with Crippen LogP contribution in [0.4, 0.5) is 0 Å². The van der Waals surface area contributed by atoms with Gasteiger partial charge in [0.2, 0.25) is 0 Å². The molecule has 2 aromatic heterocycles. The molecule has 2 rings (SSSR count). The summed E-state index contributed by atoms with van der Waals surface area (Å²) in [6.07, 6.45) is 1.59. The molecule has 0 fully saturated rings.